The van der Waals surface area contributed by atoms with Crippen LogP contribution in [-0.2, 0) is 0 Å². The number of hydrogen-bond donors (Lipinski definition) is 0. The van der Waals surface area contributed by atoms with E-state index in [1.54, 1.807) is 4.68 Å². The fraction of sp³-hybridized carbons (Fsp3) is 0.357. The summed E-state index contributed by atoms with van der Waals surface area (Å²) in [6.45, 7) is 6.13. The molecule has 0 unspecified atom stereocenters. The van der Waals surface area contributed by atoms with Crippen molar-refractivity contribution >= 4 is 5.78 Å². The molecule has 2 aromatic rings. The van der Waals surface area contributed by atoms with Gasteiger partial charge in [-0.2, -0.15) is 0 Å². The Kier molecular flexibility index (Phi) is 3.28. The van der Waals surface area contributed by atoms with E-state index in [0.717, 1.165) is 5.69 Å². The fourth-order valence-corrected chi connectivity index (χ4v) is 1.76. The molecule has 0 spiro atoms. The van der Waals surface area contributed by atoms with Gasteiger partial charge < -0.3 is 0 Å². The third-order valence-electron chi connectivity index (χ3n) is 2.53. The van der Waals surface area contributed by atoms with E-state index in [0.29, 0.717) is 12.1 Å². The molecule has 4 nitrogen and oxygen atoms in total. The Hall–Kier alpha value is -1.97. The lowest BCUT2D eigenvalue weighted by Crippen LogP contribution is -2.16. The first kappa shape index (κ1) is 12.5. The van der Waals surface area contributed by atoms with Crippen molar-refractivity contribution in [2.45, 2.75) is 27.2 Å². The van der Waals surface area contributed by atoms with Crippen LogP contribution in [0.3, 0.4) is 0 Å². The van der Waals surface area contributed by atoms with E-state index >= 15 is 0 Å². The molecule has 0 radical (unpaired) electrons. The highest BCUT2D eigenvalue weighted by atomic mass is 16.1. The highest BCUT2D eigenvalue weighted by Crippen LogP contribution is 2.22. The second kappa shape index (κ2) is 4.72. The van der Waals surface area contributed by atoms with Crippen LogP contribution in [0, 0.1) is 5.41 Å². The van der Waals surface area contributed by atoms with Crippen molar-refractivity contribution < 1.29 is 4.79 Å². The van der Waals surface area contributed by atoms with E-state index in [9.17, 15) is 4.79 Å². The summed E-state index contributed by atoms with van der Waals surface area (Å²) >= 11 is 0. The number of nitrogens with zero attached hydrogens (tertiary/aromatic N) is 3. The summed E-state index contributed by atoms with van der Waals surface area (Å²) < 4.78 is 1.59. The number of benzene rings is 1. The van der Waals surface area contributed by atoms with E-state index in [-0.39, 0.29) is 11.2 Å². The third-order valence-corrected chi connectivity index (χ3v) is 2.53. The molecule has 2 rings (SSSR count). The van der Waals surface area contributed by atoms with Crippen molar-refractivity contribution in [2.75, 3.05) is 0 Å². The van der Waals surface area contributed by atoms with Crippen LogP contribution >= 0.6 is 0 Å². The summed E-state index contributed by atoms with van der Waals surface area (Å²) in [4.78, 5) is 12.2. The van der Waals surface area contributed by atoms with Crippen molar-refractivity contribution in [2.24, 2.45) is 5.41 Å². The van der Waals surface area contributed by atoms with Gasteiger partial charge in [-0.05, 0) is 17.5 Å². The molecule has 0 aliphatic rings. The second-order valence-electron chi connectivity index (χ2n) is 5.53. The van der Waals surface area contributed by atoms with Gasteiger partial charge in [-0.15, -0.1) is 5.10 Å². The number of ketones is 1. The molecule has 0 bridgehead atoms. The van der Waals surface area contributed by atoms with Gasteiger partial charge in [0.05, 0.1) is 11.9 Å². The van der Waals surface area contributed by atoms with Crippen molar-refractivity contribution in [1.29, 1.82) is 0 Å². The van der Waals surface area contributed by atoms with Gasteiger partial charge in [0.15, 0.2) is 5.78 Å². The zero-order valence-electron chi connectivity index (χ0n) is 10.9. The molecule has 0 aliphatic carbocycles. The van der Waals surface area contributed by atoms with E-state index in [1.165, 1.54) is 6.20 Å². The van der Waals surface area contributed by atoms with Gasteiger partial charge in [-0.1, -0.05) is 44.2 Å². The normalized spacial score (nSPS) is 11.5. The predicted octanol–water partition coefficient (Wildman–Crippen LogP) is 2.89. The van der Waals surface area contributed by atoms with Crippen LogP contribution in [0.5, 0.6) is 0 Å². The quantitative estimate of drug-likeness (QED) is 0.779. The lowest BCUT2D eigenvalue weighted by Gasteiger charge is -2.16. The third kappa shape index (κ3) is 2.83. The molecule has 18 heavy (non-hydrogen) atoms. The minimum absolute atomic E-state index is 0.0388. The molecule has 1 aromatic carbocycles. The molecule has 0 amide bonds. The number of hydrogen-bond acceptors (Lipinski definition) is 3. The fourth-order valence-electron chi connectivity index (χ4n) is 1.76. The van der Waals surface area contributed by atoms with Crippen LogP contribution in [0.15, 0.2) is 36.5 Å². The van der Waals surface area contributed by atoms with Crippen LogP contribution < -0.4 is 0 Å². The van der Waals surface area contributed by atoms with E-state index in [1.807, 2.05) is 51.1 Å². The molecule has 4 heteroatoms. The Morgan fingerprint density at radius 1 is 1.22 bits per heavy atom. The molecule has 0 saturated heterocycles. The molecule has 1 aromatic heterocycles. The molecular formula is C14H17N3O. The molecule has 0 aliphatic heterocycles. The van der Waals surface area contributed by atoms with Gasteiger partial charge in [0.1, 0.15) is 5.69 Å². The maximum atomic E-state index is 12.2. The highest BCUT2D eigenvalue weighted by Gasteiger charge is 2.21. The lowest BCUT2D eigenvalue weighted by atomic mass is 9.89. The molecule has 0 fully saturated rings. The molecule has 1 heterocycles. The first-order valence-corrected chi connectivity index (χ1v) is 5.97. The Bertz CT molecular complexity index is 538. The number of Topliss-reactive ketones (excluding diaryl/α,β-unsaturated/α-hetero) is 1. The minimum Gasteiger partial charge on any atom is -0.292 e. The van der Waals surface area contributed by atoms with Gasteiger partial charge in [-0.25, -0.2) is 4.68 Å². The van der Waals surface area contributed by atoms with E-state index in [2.05, 4.69) is 10.3 Å². The predicted molar refractivity (Wildman–Crippen MR) is 69.8 cm³/mol. The average Bonchev–Trinajstić information content (AvgIpc) is 2.76. The maximum absolute atomic E-state index is 12.2. The molecule has 0 N–H and O–H groups in total. The number of aromatic nitrogens is 3. The summed E-state index contributed by atoms with van der Waals surface area (Å²) in [5.74, 6) is 0.0661. The molecular weight excluding hydrogens is 226 g/mol. The lowest BCUT2D eigenvalue weighted by molar-refractivity contribution is 0.0932. The van der Waals surface area contributed by atoms with Gasteiger partial charge in [0, 0.05) is 6.42 Å². The van der Waals surface area contributed by atoms with Gasteiger partial charge >= 0.3 is 0 Å². The molecule has 94 valence electrons. The first-order valence-electron chi connectivity index (χ1n) is 5.97. The van der Waals surface area contributed by atoms with E-state index < -0.39 is 0 Å². The smallest absolute Gasteiger partial charge is 0.183 e. The summed E-state index contributed by atoms with van der Waals surface area (Å²) in [5, 5.41) is 7.83. The van der Waals surface area contributed by atoms with Crippen molar-refractivity contribution in [3.05, 3.63) is 42.2 Å². The second-order valence-corrected chi connectivity index (χ2v) is 5.53. The number of rotatable bonds is 3. The zero-order valence-corrected chi connectivity index (χ0v) is 10.9. The van der Waals surface area contributed by atoms with Crippen LogP contribution in [0.4, 0.5) is 0 Å². The topological polar surface area (TPSA) is 47.8 Å². The Morgan fingerprint density at radius 2 is 1.89 bits per heavy atom. The van der Waals surface area contributed by atoms with Crippen LogP contribution in [0.2, 0.25) is 0 Å². The number of carbonyl (C=O) groups excluding carboxylic acids is 1. The molecule has 0 atom stereocenters. The van der Waals surface area contributed by atoms with Crippen LogP contribution in [-0.4, -0.2) is 20.8 Å². The summed E-state index contributed by atoms with van der Waals surface area (Å²) in [6.07, 6.45) is 2.01. The van der Waals surface area contributed by atoms with Gasteiger partial charge in [0.2, 0.25) is 0 Å². The Labute approximate surface area is 107 Å². The minimum atomic E-state index is -0.0388. The van der Waals surface area contributed by atoms with Crippen LogP contribution in [0.25, 0.3) is 5.69 Å². The monoisotopic (exact) mass is 243 g/mol. The van der Waals surface area contributed by atoms with Crippen molar-refractivity contribution in [3.8, 4) is 5.69 Å². The SMILES string of the molecule is CC(C)(C)CC(=O)c1cnnn1-c1ccccc1. The van der Waals surface area contributed by atoms with Crippen molar-refractivity contribution in [3.63, 3.8) is 0 Å². The number of para-hydroxylation sites is 1. The first-order chi connectivity index (χ1) is 8.47. The van der Waals surface area contributed by atoms with Gasteiger partial charge in [-0.3, -0.25) is 4.79 Å². The van der Waals surface area contributed by atoms with Crippen LogP contribution in [0.1, 0.15) is 37.7 Å². The Balaban J connectivity index is 2.32. The summed E-state index contributed by atoms with van der Waals surface area (Å²) in [6, 6.07) is 9.56. The average molecular weight is 243 g/mol. The maximum Gasteiger partial charge on any atom is 0.183 e. The molecule has 0 saturated carbocycles. The van der Waals surface area contributed by atoms with Crippen molar-refractivity contribution in [1.82, 2.24) is 15.0 Å². The Morgan fingerprint density at radius 3 is 2.50 bits per heavy atom. The van der Waals surface area contributed by atoms with Gasteiger partial charge in [0.25, 0.3) is 0 Å². The standard InChI is InChI=1S/C14H17N3O/c1-14(2,3)9-13(18)12-10-15-16-17(12)11-7-5-4-6-8-11/h4-8,10H,9H2,1-3H3. The largest absolute Gasteiger partial charge is 0.292 e. The summed E-state index contributed by atoms with van der Waals surface area (Å²) in [5.41, 5.74) is 1.35. The highest BCUT2D eigenvalue weighted by molar-refractivity contribution is 5.95. The zero-order chi connectivity index (χ0) is 13.2. The number of carbonyl (C=O) groups is 1. The summed E-state index contributed by atoms with van der Waals surface area (Å²) in [7, 11) is 0. The van der Waals surface area contributed by atoms with E-state index in [4.69, 9.17) is 0 Å².